The van der Waals surface area contributed by atoms with E-state index in [0.29, 0.717) is 5.89 Å². The van der Waals surface area contributed by atoms with Crippen molar-refractivity contribution >= 4 is 93.6 Å². The normalized spacial score (nSPS) is 12.0. The maximum absolute atomic E-state index is 6.55. The molecule has 3 aromatic heterocycles. The molecule has 11 aromatic rings. The quantitative estimate of drug-likeness (QED) is 0.179. The third kappa shape index (κ3) is 4.04. The molecule has 5 nitrogen and oxygen atoms in total. The molecule has 0 unspecified atom stereocenters. The first-order chi connectivity index (χ1) is 24.7. The Hall–Kier alpha value is -6.85. The molecule has 11 rings (SSSR count). The predicted molar refractivity (Wildman–Crippen MR) is 204 cm³/mol. The second-order valence-corrected chi connectivity index (χ2v) is 12.8. The number of aromatic nitrogens is 1. The van der Waals surface area contributed by atoms with Gasteiger partial charge in [-0.3, -0.25) is 0 Å². The van der Waals surface area contributed by atoms with Crippen LogP contribution < -0.4 is 4.90 Å². The van der Waals surface area contributed by atoms with E-state index in [1.807, 2.05) is 72.8 Å². The van der Waals surface area contributed by atoms with Crippen LogP contribution in [0.2, 0.25) is 0 Å². The Morgan fingerprint density at radius 1 is 0.400 bits per heavy atom. The van der Waals surface area contributed by atoms with Crippen LogP contribution in [0.15, 0.2) is 171 Å². The van der Waals surface area contributed by atoms with E-state index < -0.39 is 0 Å². The molecule has 0 saturated heterocycles. The fourth-order valence-corrected chi connectivity index (χ4v) is 7.51. The van der Waals surface area contributed by atoms with Gasteiger partial charge < -0.3 is 18.2 Å². The summed E-state index contributed by atoms with van der Waals surface area (Å²) in [5.74, 6) is 0.612. The number of oxazole rings is 1. The molecule has 234 valence electrons. The molecule has 0 aliphatic heterocycles. The maximum Gasteiger partial charge on any atom is 0.227 e. The van der Waals surface area contributed by atoms with Gasteiger partial charge in [-0.25, -0.2) is 4.98 Å². The summed E-state index contributed by atoms with van der Waals surface area (Å²) >= 11 is 0. The van der Waals surface area contributed by atoms with Crippen LogP contribution in [-0.2, 0) is 0 Å². The van der Waals surface area contributed by atoms with Crippen molar-refractivity contribution in [1.82, 2.24) is 4.98 Å². The lowest BCUT2D eigenvalue weighted by atomic mass is 10.00. The summed E-state index contributed by atoms with van der Waals surface area (Å²) in [5.41, 5.74) is 8.92. The minimum Gasteiger partial charge on any atom is -0.456 e. The van der Waals surface area contributed by atoms with Crippen LogP contribution >= 0.6 is 0 Å². The van der Waals surface area contributed by atoms with E-state index in [-0.39, 0.29) is 0 Å². The fourth-order valence-electron chi connectivity index (χ4n) is 7.51. The van der Waals surface area contributed by atoms with E-state index in [9.17, 15) is 0 Å². The molecular weight excluding hydrogens is 617 g/mol. The van der Waals surface area contributed by atoms with Crippen molar-refractivity contribution in [1.29, 1.82) is 0 Å². The van der Waals surface area contributed by atoms with Gasteiger partial charge in [0.2, 0.25) is 5.89 Å². The predicted octanol–water partition coefficient (Wildman–Crippen LogP) is 13.1. The number of fused-ring (bicyclic) bond motifs is 11. The van der Waals surface area contributed by atoms with E-state index in [1.54, 1.807) is 0 Å². The van der Waals surface area contributed by atoms with Gasteiger partial charge in [-0.05, 0) is 82.9 Å². The van der Waals surface area contributed by atoms with E-state index in [0.717, 1.165) is 99.1 Å². The van der Waals surface area contributed by atoms with Crippen molar-refractivity contribution in [3.8, 4) is 11.5 Å². The van der Waals surface area contributed by atoms with Gasteiger partial charge in [-0.1, -0.05) is 78.9 Å². The second-order valence-electron chi connectivity index (χ2n) is 12.8. The largest absolute Gasteiger partial charge is 0.456 e. The van der Waals surface area contributed by atoms with E-state index >= 15 is 0 Å². The van der Waals surface area contributed by atoms with Gasteiger partial charge in [0.25, 0.3) is 0 Å². The Morgan fingerprint density at radius 2 is 0.940 bits per heavy atom. The van der Waals surface area contributed by atoms with Gasteiger partial charge in [0, 0.05) is 61.7 Å². The first-order valence-corrected chi connectivity index (χ1v) is 16.7. The van der Waals surface area contributed by atoms with Gasteiger partial charge in [0.05, 0.1) is 0 Å². The van der Waals surface area contributed by atoms with Crippen LogP contribution in [0.5, 0.6) is 0 Å². The third-order valence-corrected chi connectivity index (χ3v) is 9.86. The van der Waals surface area contributed by atoms with E-state index in [1.165, 1.54) is 0 Å². The Kier molecular flexibility index (Phi) is 5.60. The molecule has 5 heteroatoms. The number of hydrogen-bond donors (Lipinski definition) is 0. The topological polar surface area (TPSA) is 55.6 Å². The standard InChI is InChI=1S/C45H26N2O3/c1-2-8-29(9-3-1)45-46-38-23-17-28-15-14-27-16-18-30(24-37(27)43(28)44(38)50-45)47(31-19-21-35-33-10-4-6-12-39(33)48-41(35)25-31)32-20-22-36-34-11-5-7-13-40(34)49-42(36)26-32/h1-26H. The zero-order chi connectivity index (χ0) is 32.8. The van der Waals surface area contributed by atoms with Crippen molar-refractivity contribution in [3.63, 3.8) is 0 Å². The summed E-state index contributed by atoms with van der Waals surface area (Å²) < 4.78 is 19.3. The zero-order valence-electron chi connectivity index (χ0n) is 26.6. The summed E-state index contributed by atoms with van der Waals surface area (Å²) in [6.45, 7) is 0. The highest BCUT2D eigenvalue weighted by atomic mass is 16.3. The lowest BCUT2D eigenvalue weighted by Gasteiger charge is -2.26. The van der Waals surface area contributed by atoms with E-state index in [2.05, 4.69) is 89.8 Å². The fraction of sp³-hybridized carbons (Fsp3) is 0. The van der Waals surface area contributed by atoms with Crippen LogP contribution in [0, 0.1) is 0 Å². The number of para-hydroxylation sites is 2. The molecule has 0 aliphatic rings. The highest BCUT2D eigenvalue weighted by Gasteiger charge is 2.20. The van der Waals surface area contributed by atoms with Crippen LogP contribution in [0.25, 0.3) is 88.0 Å². The number of furan rings is 2. The lowest BCUT2D eigenvalue weighted by Crippen LogP contribution is -2.09. The first-order valence-electron chi connectivity index (χ1n) is 16.7. The maximum atomic E-state index is 6.55. The monoisotopic (exact) mass is 642 g/mol. The molecule has 0 N–H and O–H groups in total. The van der Waals surface area contributed by atoms with Crippen LogP contribution in [0.1, 0.15) is 0 Å². The Balaban J connectivity index is 1.16. The van der Waals surface area contributed by atoms with Crippen molar-refractivity contribution in [2.45, 2.75) is 0 Å². The lowest BCUT2D eigenvalue weighted by molar-refractivity contribution is 0.623. The van der Waals surface area contributed by atoms with Gasteiger partial charge in [-0.2, -0.15) is 0 Å². The summed E-state index contributed by atoms with van der Waals surface area (Å²) in [6, 6.07) is 54.5. The van der Waals surface area contributed by atoms with Gasteiger partial charge in [0.15, 0.2) is 5.58 Å². The molecule has 0 fully saturated rings. The van der Waals surface area contributed by atoms with Crippen LogP contribution in [-0.4, -0.2) is 4.98 Å². The molecule has 0 spiro atoms. The number of benzene rings is 8. The first kappa shape index (κ1) is 27.1. The minimum absolute atomic E-state index is 0.612. The molecular formula is C45H26N2O3. The molecule has 0 radical (unpaired) electrons. The third-order valence-electron chi connectivity index (χ3n) is 9.86. The number of nitrogens with zero attached hydrogens (tertiary/aromatic N) is 2. The second kappa shape index (κ2) is 10.3. The smallest absolute Gasteiger partial charge is 0.227 e. The van der Waals surface area contributed by atoms with Gasteiger partial charge >= 0.3 is 0 Å². The van der Waals surface area contributed by atoms with Crippen LogP contribution in [0.4, 0.5) is 17.1 Å². The summed E-state index contributed by atoms with van der Waals surface area (Å²) in [7, 11) is 0. The molecule has 0 saturated carbocycles. The molecule has 0 aliphatic carbocycles. The SMILES string of the molecule is c1ccc(-c2nc3ccc4ccc5ccc(N(c6ccc7c(c6)oc6ccccc67)c6ccc7c(c6)oc6ccccc67)cc5c4c3o2)cc1. The zero-order valence-corrected chi connectivity index (χ0v) is 26.6. The average molecular weight is 643 g/mol. The minimum atomic E-state index is 0.612. The van der Waals surface area contributed by atoms with Crippen LogP contribution in [0.3, 0.4) is 0 Å². The molecule has 0 amide bonds. The molecule has 50 heavy (non-hydrogen) atoms. The Bertz CT molecular complexity index is 3000. The summed E-state index contributed by atoms with van der Waals surface area (Å²) in [4.78, 5) is 7.16. The van der Waals surface area contributed by atoms with Crippen molar-refractivity contribution in [2.75, 3.05) is 4.90 Å². The number of rotatable bonds is 4. The van der Waals surface area contributed by atoms with Crippen molar-refractivity contribution in [2.24, 2.45) is 0 Å². The van der Waals surface area contributed by atoms with Crippen molar-refractivity contribution < 1.29 is 13.3 Å². The Morgan fingerprint density at radius 3 is 1.64 bits per heavy atom. The number of hydrogen-bond acceptors (Lipinski definition) is 5. The molecule has 3 heterocycles. The Labute approximate surface area is 285 Å². The highest BCUT2D eigenvalue weighted by molar-refractivity contribution is 6.19. The van der Waals surface area contributed by atoms with Crippen molar-refractivity contribution in [3.05, 3.63) is 158 Å². The summed E-state index contributed by atoms with van der Waals surface area (Å²) in [5, 5.41) is 8.72. The molecule has 8 aromatic carbocycles. The molecule has 0 atom stereocenters. The average Bonchev–Trinajstić information content (AvgIpc) is 3.88. The molecule has 0 bridgehead atoms. The summed E-state index contributed by atoms with van der Waals surface area (Å²) in [6.07, 6.45) is 0. The highest BCUT2D eigenvalue weighted by Crippen LogP contribution is 2.43. The van der Waals surface area contributed by atoms with Gasteiger partial charge in [-0.15, -0.1) is 0 Å². The van der Waals surface area contributed by atoms with E-state index in [4.69, 9.17) is 18.2 Å². The van der Waals surface area contributed by atoms with Gasteiger partial charge in [0.1, 0.15) is 27.8 Å². The number of anilines is 3.